The van der Waals surface area contributed by atoms with Crippen LogP contribution in [-0.4, -0.2) is 19.3 Å². The lowest BCUT2D eigenvalue weighted by atomic mass is 10.3. The quantitative estimate of drug-likeness (QED) is 0.500. The Bertz CT molecular complexity index is 312. The van der Waals surface area contributed by atoms with E-state index in [4.69, 9.17) is 4.84 Å². The van der Waals surface area contributed by atoms with E-state index >= 15 is 0 Å². The maximum atomic E-state index is 11.0. The first kappa shape index (κ1) is 8.07. The maximum absolute atomic E-state index is 11.0. The van der Waals surface area contributed by atoms with Crippen molar-refractivity contribution in [2.24, 2.45) is 0 Å². The van der Waals surface area contributed by atoms with E-state index in [2.05, 4.69) is 4.74 Å². The van der Waals surface area contributed by atoms with E-state index in [0.29, 0.717) is 0 Å². The Morgan fingerprint density at radius 2 is 2.15 bits per heavy atom. The van der Waals surface area contributed by atoms with E-state index < -0.39 is 6.23 Å². The second-order valence-corrected chi connectivity index (χ2v) is 2.64. The van der Waals surface area contributed by atoms with Crippen LogP contribution in [0.15, 0.2) is 30.3 Å². The van der Waals surface area contributed by atoms with Crippen molar-refractivity contribution >= 4 is 11.7 Å². The lowest BCUT2D eigenvalue weighted by molar-refractivity contribution is -0.142. The highest BCUT2D eigenvalue weighted by Gasteiger charge is 2.44. The summed E-state index contributed by atoms with van der Waals surface area (Å²) in [7, 11) is 1.34. The van der Waals surface area contributed by atoms with Crippen LogP contribution in [0.4, 0.5) is 5.69 Å². The minimum atomic E-state index is -0.563. The molecular formula is C9H9NO3. The number of carbonyl (C=O) groups excluding carboxylic acids is 1. The van der Waals surface area contributed by atoms with E-state index in [0.717, 1.165) is 5.69 Å². The van der Waals surface area contributed by atoms with Crippen LogP contribution in [0.3, 0.4) is 0 Å². The molecule has 4 heteroatoms. The summed E-state index contributed by atoms with van der Waals surface area (Å²) in [6.45, 7) is 0. The normalized spacial score (nSPS) is 19.8. The molecule has 1 heterocycles. The number of rotatable bonds is 2. The largest absolute Gasteiger partial charge is 0.466 e. The third-order valence-corrected chi connectivity index (χ3v) is 1.79. The molecular weight excluding hydrogens is 170 g/mol. The van der Waals surface area contributed by atoms with Gasteiger partial charge in [-0.25, -0.2) is 14.7 Å². The van der Waals surface area contributed by atoms with Gasteiger partial charge in [-0.3, -0.25) is 0 Å². The number of hydrogen-bond donors (Lipinski definition) is 0. The van der Waals surface area contributed by atoms with E-state index in [1.165, 1.54) is 12.2 Å². The minimum Gasteiger partial charge on any atom is -0.466 e. The van der Waals surface area contributed by atoms with Gasteiger partial charge in [-0.2, -0.15) is 0 Å². The average Bonchev–Trinajstić information content (AvgIpc) is 2.98. The Hall–Kier alpha value is -1.55. The van der Waals surface area contributed by atoms with Crippen LogP contribution in [0, 0.1) is 0 Å². The number of carbonyl (C=O) groups is 1. The molecule has 68 valence electrons. The van der Waals surface area contributed by atoms with Crippen LogP contribution in [-0.2, 0) is 14.4 Å². The van der Waals surface area contributed by atoms with Crippen molar-refractivity contribution < 1.29 is 14.4 Å². The van der Waals surface area contributed by atoms with Gasteiger partial charge in [0.05, 0.1) is 12.8 Å². The van der Waals surface area contributed by atoms with Crippen LogP contribution in [0.5, 0.6) is 0 Å². The number of para-hydroxylation sites is 1. The highest BCUT2D eigenvalue weighted by molar-refractivity contribution is 5.81. The fourth-order valence-electron chi connectivity index (χ4n) is 1.09. The number of benzene rings is 1. The highest BCUT2D eigenvalue weighted by atomic mass is 16.8. The van der Waals surface area contributed by atoms with E-state index in [1.807, 2.05) is 30.3 Å². The third-order valence-electron chi connectivity index (χ3n) is 1.79. The smallest absolute Gasteiger partial charge is 0.361 e. The lowest BCUT2D eigenvalue weighted by Crippen LogP contribution is -2.13. The Balaban J connectivity index is 2.04. The average molecular weight is 179 g/mol. The second kappa shape index (κ2) is 3.06. The number of nitrogens with zero attached hydrogens (tertiary/aromatic N) is 1. The molecule has 0 amide bonds. The molecule has 1 aromatic rings. The summed E-state index contributed by atoms with van der Waals surface area (Å²) >= 11 is 0. The number of hydrogen-bond acceptors (Lipinski definition) is 4. The summed E-state index contributed by atoms with van der Waals surface area (Å²) in [5.74, 6) is -0.371. The molecule has 1 aliphatic heterocycles. The number of methoxy groups -OCH3 is 1. The Morgan fingerprint density at radius 1 is 1.46 bits per heavy atom. The summed E-state index contributed by atoms with van der Waals surface area (Å²) in [5, 5.41) is 1.51. The van der Waals surface area contributed by atoms with Gasteiger partial charge in [-0.1, -0.05) is 18.2 Å². The number of hydroxylamine groups is 1. The van der Waals surface area contributed by atoms with Crippen LogP contribution in [0.1, 0.15) is 0 Å². The lowest BCUT2D eigenvalue weighted by Gasteiger charge is -1.97. The standard InChI is InChI=1S/C9H9NO3/c1-12-9(11)8-10(13-8)7-5-3-2-4-6-7/h2-6,8H,1H3. The zero-order chi connectivity index (χ0) is 9.26. The summed E-state index contributed by atoms with van der Waals surface area (Å²) in [6, 6.07) is 9.39. The van der Waals surface area contributed by atoms with Crippen molar-refractivity contribution in [1.29, 1.82) is 0 Å². The first-order valence-electron chi connectivity index (χ1n) is 3.92. The molecule has 4 nitrogen and oxygen atoms in total. The maximum Gasteiger partial charge on any atom is 0.361 e. The molecule has 1 aliphatic rings. The molecule has 0 radical (unpaired) electrons. The molecule has 0 aliphatic carbocycles. The fraction of sp³-hybridized carbons (Fsp3) is 0.222. The van der Waals surface area contributed by atoms with Crippen LogP contribution in [0.2, 0.25) is 0 Å². The zero-order valence-electron chi connectivity index (χ0n) is 7.14. The van der Waals surface area contributed by atoms with Crippen molar-refractivity contribution in [3.63, 3.8) is 0 Å². The number of esters is 1. The third kappa shape index (κ3) is 1.48. The molecule has 0 N–H and O–H groups in total. The Morgan fingerprint density at radius 3 is 2.77 bits per heavy atom. The molecule has 1 atom stereocenters. The molecule has 1 unspecified atom stereocenters. The van der Waals surface area contributed by atoms with Crippen LogP contribution in [0.25, 0.3) is 0 Å². The van der Waals surface area contributed by atoms with Gasteiger partial charge in [-0.05, 0) is 12.1 Å². The molecule has 1 aromatic carbocycles. The Kier molecular flexibility index (Phi) is 1.90. The molecule has 13 heavy (non-hydrogen) atoms. The molecule has 2 rings (SSSR count). The topological polar surface area (TPSA) is 41.8 Å². The number of anilines is 1. The van der Waals surface area contributed by atoms with Crippen LogP contribution < -0.4 is 5.06 Å². The fourth-order valence-corrected chi connectivity index (χ4v) is 1.09. The summed E-state index contributed by atoms with van der Waals surface area (Å²) in [6.07, 6.45) is -0.563. The van der Waals surface area contributed by atoms with Gasteiger partial charge < -0.3 is 4.74 Å². The SMILES string of the molecule is COC(=O)C1ON1c1ccccc1. The molecule has 0 saturated carbocycles. The van der Waals surface area contributed by atoms with Crippen molar-refractivity contribution in [3.8, 4) is 0 Å². The first-order valence-corrected chi connectivity index (χ1v) is 3.92. The summed E-state index contributed by atoms with van der Waals surface area (Å²) < 4.78 is 4.52. The molecule has 0 bridgehead atoms. The highest BCUT2D eigenvalue weighted by Crippen LogP contribution is 2.29. The van der Waals surface area contributed by atoms with Gasteiger partial charge in [0.1, 0.15) is 0 Å². The monoisotopic (exact) mass is 179 g/mol. The minimum absolute atomic E-state index is 0.371. The van der Waals surface area contributed by atoms with Gasteiger partial charge in [0.25, 0.3) is 6.23 Å². The second-order valence-electron chi connectivity index (χ2n) is 2.64. The van der Waals surface area contributed by atoms with Crippen molar-refractivity contribution in [1.82, 2.24) is 0 Å². The van der Waals surface area contributed by atoms with Crippen molar-refractivity contribution in [3.05, 3.63) is 30.3 Å². The first-order chi connectivity index (χ1) is 6.33. The predicted octanol–water partition coefficient (Wildman–Crippen LogP) is 0.937. The van der Waals surface area contributed by atoms with Gasteiger partial charge in [0.15, 0.2) is 0 Å². The van der Waals surface area contributed by atoms with Gasteiger partial charge >= 0.3 is 5.97 Å². The summed E-state index contributed by atoms with van der Waals surface area (Å²) in [4.78, 5) is 16.0. The van der Waals surface area contributed by atoms with E-state index in [-0.39, 0.29) is 5.97 Å². The predicted molar refractivity (Wildman–Crippen MR) is 45.8 cm³/mol. The number of ether oxygens (including phenoxy) is 1. The van der Waals surface area contributed by atoms with Crippen LogP contribution >= 0.6 is 0 Å². The van der Waals surface area contributed by atoms with Crippen molar-refractivity contribution in [2.45, 2.75) is 6.23 Å². The van der Waals surface area contributed by atoms with E-state index in [1.54, 1.807) is 0 Å². The van der Waals surface area contributed by atoms with Gasteiger partial charge in [-0.15, -0.1) is 0 Å². The molecule has 1 fully saturated rings. The van der Waals surface area contributed by atoms with E-state index in [9.17, 15) is 4.79 Å². The summed E-state index contributed by atoms with van der Waals surface area (Å²) in [5.41, 5.74) is 0.859. The van der Waals surface area contributed by atoms with Crippen molar-refractivity contribution in [2.75, 3.05) is 12.2 Å². The molecule has 1 saturated heterocycles. The molecule has 0 aromatic heterocycles. The zero-order valence-corrected chi connectivity index (χ0v) is 7.14. The van der Waals surface area contributed by atoms with Gasteiger partial charge in [0.2, 0.25) is 0 Å². The van der Waals surface area contributed by atoms with Gasteiger partial charge in [0, 0.05) is 0 Å². The molecule has 0 spiro atoms. The Labute approximate surface area is 75.6 Å².